The minimum atomic E-state index is 0. The first-order valence-corrected chi connectivity index (χ1v) is 9.20. The molecule has 0 fully saturated rings. The van der Waals surface area contributed by atoms with E-state index in [9.17, 15) is 0 Å². The van der Waals surface area contributed by atoms with E-state index in [1.54, 1.807) is 13.4 Å². The second-order valence-corrected chi connectivity index (χ2v) is 6.19. The van der Waals surface area contributed by atoms with Crippen molar-refractivity contribution >= 4 is 29.9 Å². The number of hydrogen-bond acceptors (Lipinski definition) is 4. The van der Waals surface area contributed by atoms with E-state index in [0.29, 0.717) is 12.6 Å². The van der Waals surface area contributed by atoms with Crippen LogP contribution in [0.15, 0.2) is 35.6 Å². The minimum absolute atomic E-state index is 0. The van der Waals surface area contributed by atoms with E-state index in [2.05, 4.69) is 52.2 Å². The summed E-state index contributed by atoms with van der Waals surface area (Å²) in [4.78, 5) is 4.72. The van der Waals surface area contributed by atoms with Crippen molar-refractivity contribution in [2.24, 2.45) is 4.99 Å². The Labute approximate surface area is 179 Å². The molecular formula is C19H31IN6O. The Morgan fingerprint density at radius 2 is 2.15 bits per heavy atom. The highest BCUT2D eigenvalue weighted by molar-refractivity contribution is 14.0. The van der Waals surface area contributed by atoms with Crippen molar-refractivity contribution in [1.82, 2.24) is 25.4 Å². The van der Waals surface area contributed by atoms with Gasteiger partial charge in [-0.05, 0) is 31.0 Å². The molecule has 7 nitrogen and oxygen atoms in total. The Bertz CT molecular complexity index is 703. The number of halogens is 1. The van der Waals surface area contributed by atoms with Crippen molar-refractivity contribution in [3.8, 4) is 5.75 Å². The molecule has 0 radical (unpaired) electrons. The van der Waals surface area contributed by atoms with Crippen LogP contribution in [0.25, 0.3) is 0 Å². The second-order valence-electron chi connectivity index (χ2n) is 6.19. The molecule has 0 saturated heterocycles. The van der Waals surface area contributed by atoms with E-state index in [0.717, 1.165) is 49.0 Å². The maximum atomic E-state index is 5.28. The molecule has 0 amide bonds. The van der Waals surface area contributed by atoms with E-state index >= 15 is 0 Å². The highest BCUT2D eigenvalue weighted by atomic mass is 127. The van der Waals surface area contributed by atoms with Crippen LogP contribution < -0.4 is 15.4 Å². The van der Waals surface area contributed by atoms with Crippen LogP contribution in [-0.2, 0) is 19.5 Å². The zero-order chi connectivity index (χ0) is 18.8. The van der Waals surface area contributed by atoms with E-state index in [1.165, 1.54) is 0 Å². The molecule has 0 aliphatic heterocycles. The largest absolute Gasteiger partial charge is 0.497 e. The van der Waals surface area contributed by atoms with Gasteiger partial charge in [0.1, 0.15) is 17.9 Å². The molecule has 0 bridgehead atoms. The Balaban J connectivity index is 0.00000364. The quantitative estimate of drug-likeness (QED) is 0.324. The van der Waals surface area contributed by atoms with Crippen molar-refractivity contribution in [3.05, 3.63) is 42.0 Å². The number of hydrogen-bond donors (Lipinski definition) is 2. The standard InChI is InChI=1S/C19H30N6O.HI/c1-5-15(3)23-19(20-10-11-25-14-22-24-18(25)6-2)21-13-16-8-7-9-17(12-16)26-4;/h7-9,12,14-15H,5-6,10-11,13H2,1-4H3,(H2,20,21,23);1H. The lowest BCUT2D eigenvalue weighted by Crippen LogP contribution is -2.43. The lowest BCUT2D eigenvalue weighted by atomic mass is 10.2. The average molecular weight is 486 g/mol. The van der Waals surface area contributed by atoms with Crippen molar-refractivity contribution < 1.29 is 4.74 Å². The molecule has 1 atom stereocenters. The van der Waals surface area contributed by atoms with Gasteiger partial charge in [-0.1, -0.05) is 26.0 Å². The fourth-order valence-corrected chi connectivity index (χ4v) is 2.46. The second kappa shape index (κ2) is 12.5. The van der Waals surface area contributed by atoms with E-state index in [-0.39, 0.29) is 24.0 Å². The number of guanidine groups is 1. The van der Waals surface area contributed by atoms with Gasteiger partial charge in [0.2, 0.25) is 0 Å². The smallest absolute Gasteiger partial charge is 0.191 e. The molecule has 1 aromatic carbocycles. The summed E-state index contributed by atoms with van der Waals surface area (Å²) in [6, 6.07) is 8.34. The molecule has 150 valence electrons. The van der Waals surface area contributed by atoms with Crippen molar-refractivity contribution in [3.63, 3.8) is 0 Å². The van der Waals surface area contributed by atoms with Gasteiger partial charge in [0.25, 0.3) is 0 Å². The Hall–Kier alpha value is -1.84. The van der Waals surface area contributed by atoms with Gasteiger partial charge in [0, 0.05) is 25.6 Å². The van der Waals surface area contributed by atoms with E-state index in [4.69, 9.17) is 9.73 Å². The SMILES string of the molecule is CCc1nncn1CCNC(=NCc1cccc(OC)c1)NC(C)CC.I. The Morgan fingerprint density at radius 1 is 1.33 bits per heavy atom. The molecule has 1 aromatic heterocycles. The van der Waals surface area contributed by atoms with Crippen molar-refractivity contribution in [1.29, 1.82) is 0 Å². The fourth-order valence-electron chi connectivity index (χ4n) is 2.46. The third kappa shape index (κ3) is 7.74. The van der Waals surface area contributed by atoms with Crippen LogP contribution in [0.2, 0.25) is 0 Å². The van der Waals surface area contributed by atoms with Crippen LogP contribution in [0, 0.1) is 0 Å². The van der Waals surface area contributed by atoms with Crippen LogP contribution in [0.3, 0.4) is 0 Å². The normalized spacial score (nSPS) is 12.2. The van der Waals surface area contributed by atoms with E-state index < -0.39 is 0 Å². The summed E-state index contributed by atoms with van der Waals surface area (Å²) in [5.74, 6) is 2.66. The highest BCUT2D eigenvalue weighted by Gasteiger charge is 2.05. The van der Waals surface area contributed by atoms with Gasteiger partial charge < -0.3 is 19.9 Å². The molecule has 1 unspecified atom stereocenters. The summed E-state index contributed by atoms with van der Waals surface area (Å²) in [6.07, 6.45) is 3.68. The maximum Gasteiger partial charge on any atom is 0.191 e. The number of benzene rings is 1. The van der Waals surface area contributed by atoms with Crippen molar-refractivity contribution in [2.75, 3.05) is 13.7 Å². The lowest BCUT2D eigenvalue weighted by Gasteiger charge is -2.17. The molecule has 1 heterocycles. The summed E-state index contributed by atoms with van der Waals surface area (Å²) >= 11 is 0. The minimum Gasteiger partial charge on any atom is -0.497 e. The number of rotatable bonds is 9. The van der Waals surface area contributed by atoms with E-state index in [1.807, 2.05) is 18.2 Å². The van der Waals surface area contributed by atoms with Gasteiger partial charge in [-0.2, -0.15) is 0 Å². The number of ether oxygens (including phenoxy) is 1. The third-order valence-corrected chi connectivity index (χ3v) is 4.21. The van der Waals surface area contributed by atoms with Gasteiger partial charge in [-0.15, -0.1) is 34.2 Å². The predicted molar refractivity (Wildman–Crippen MR) is 120 cm³/mol. The number of aryl methyl sites for hydroxylation is 1. The van der Waals surface area contributed by atoms with Crippen LogP contribution in [-0.4, -0.2) is 40.4 Å². The number of aromatic nitrogens is 3. The zero-order valence-corrected chi connectivity index (χ0v) is 18.9. The topological polar surface area (TPSA) is 76.4 Å². The summed E-state index contributed by atoms with van der Waals surface area (Å²) in [7, 11) is 1.68. The molecule has 27 heavy (non-hydrogen) atoms. The van der Waals surface area contributed by atoms with Crippen LogP contribution >= 0.6 is 24.0 Å². The molecule has 2 aromatic rings. The molecule has 0 spiro atoms. The molecule has 8 heteroatoms. The molecular weight excluding hydrogens is 455 g/mol. The first kappa shape index (κ1) is 23.2. The first-order valence-electron chi connectivity index (χ1n) is 9.20. The summed E-state index contributed by atoms with van der Waals surface area (Å²) in [5.41, 5.74) is 1.11. The monoisotopic (exact) mass is 486 g/mol. The highest BCUT2D eigenvalue weighted by Crippen LogP contribution is 2.13. The summed E-state index contributed by atoms with van der Waals surface area (Å²) < 4.78 is 7.34. The van der Waals surface area contributed by atoms with Gasteiger partial charge in [-0.3, -0.25) is 0 Å². The molecule has 2 N–H and O–H groups in total. The molecule has 2 rings (SSSR count). The summed E-state index contributed by atoms with van der Waals surface area (Å²) in [6.45, 7) is 8.54. The van der Waals surface area contributed by atoms with Crippen molar-refractivity contribution in [2.45, 2.75) is 52.7 Å². The number of nitrogens with one attached hydrogen (secondary N) is 2. The first-order chi connectivity index (χ1) is 12.7. The van der Waals surface area contributed by atoms with Crippen LogP contribution in [0.4, 0.5) is 0 Å². The fraction of sp³-hybridized carbons (Fsp3) is 0.526. The molecule has 0 saturated carbocycles. The number of nitrogens with zero attached hydrogens (tertiary/aromatic N) is 4. The van der Waals surface area contributed by atoms with Gasteiger partial charge in [-0.25, -0.2) is 4.99 Å². The Morgan fingerprint density at radius 3 is 2.85 bits per heavy atom. The van der Waals surface area contributed by atoms with Gasteiger partial charge >= 0.3 is 0 Å². The van der Waals surface area contributed by atoms with Crippen LogP contribution in [0.5, 0.6) is 5.75 Å². The zero-order valence-electron chi connectivity index (χ0n) is 16.6. The number of methoxy groups -OCH3 is 1. The third-order valence-electron chi connectivity index (χ3n) is 4.21. The Kier molecular flexibility index (Phi) is 10.8. The maximum absolute atomic E-state index is 5.28. The predicted octanol–water partition coefficient (Wildman–Crippen LogP) is 3.00. The van der Waals surface area contributed by atoms with Crippen LogP contribution in [0.1, 0.15) is 38.6 Å². The molecule has 0 aliphatic carbocycles. The van der Waals surface area contributed by atoms with Gasteiger partial charge in [0.05, 0.1) is 13.7 Å². The lowest BCUT2D eigenvalue weighted by molar-refractivity contribution is 0.414. The summed E-state index contributed by atoms with van der Waals surface area (Å²) in [5, 5.41) is 14.9. The van der Waals surface area contributed by atoms with Gasteiger partial charge in [0.15, 0.2) is 5.96 Å². The molecule has 0 aliphatic rings. The average Bonchev–Trinajstić information content (AvgIpc) is 3.13. The number of aliphatic imine (C=N–C) groups is 1.